The summed E-state index contributed by atoms with van der Waals surface area (Å²) in [7, 11) is 2.14. The number of benzene rings is 1. The first-order valence-electron chi connectivity index (χ1n) is 5.62. The Morgan fingerprint density at radius 3 is 2.39 bits per heavy atom. The molecule has 1 aromatic carbocycles. The van der Waals surface area contributed by atoms with E-state index >= 15 is 0 Å². The van der Waals surface area contributed by atoms with Crippen LogP contribution in [0.25, 0.3) is 0 Å². The molecule has 1 fully saturated rings. The Morgan fingerprint density at radius 2 is 1.78 bits per heavy atom. The summed E-state index contributed by atoms with van der Waals surface area (Å²) >= 11 is 4.40. The molecule has 6 heteroatoms. The van der Waals surface area contributed by atoms with Crippen molar-refractivity contribution in [2.75, 3.05) is 33.2 Å². The minimum absolute atomic E-state index is 0. The number of piperazine rings is 1. The van der Waals surface area contributed by atoms with Crippen molar-refractivity contribution in [3.63, 3.8) is 0 Å². The number of likely N-dealkylation sites (N-methyl/N-ethyl adjacent to an activating group) is 1. The van der Waals surface area contributed by atoms with E-state index in [-0.39, 0.29) is 35.3 Å². The predicted octanol–water partition coefficient (Wildman–Crippen LogP) is -1.28. The molecule has 18 heavy (non-hydrogen) atoms. The van der Waals surface area contributed by atoms with Crippen LogP contribution in [0.1, 0.15) is 5.56 Å². The number of halogens is 2. The van der Waals surface area contributed by atoms with Crippen molar-refractivity contribution in [3.05, 3.63) is 24.8 Å². The summed E-state index contributed by atoms with van der Waals surface area (Å²) in [5.41, 5.74) is 0.936. The van der Waals surface area contributed by atoms with Crippen molar-refractivity contribution in [1.29, 1.82) is 0 Å². The Labute approximate surface area is 158 Å². The molecule has 0 bridgehead atoms. The molecule has 0 N–H and O–H groups in total. The van der Waals surface area contributed by atoms with Crippen molar-refractivity contribution < 1.29 is 34.7 Å². The van der Waals surface area contributed by atoms with Crippen LogP contribution in [-0.2, 0) is 6.54 Å². The molecule has 0 aliphatic carbocycles. The molecule has 1 aliphatic rings. The summed E-state index contributed by atoms with van der Waals surface area (Å²) in [4.78, 5) is 4.69. The first-order chi connectivity index (χ1) is 8.06. The van der Waals surface area contributed by atoms with Gasteiger partial charge in [0.1, 0.15) is 0 Å². The molecule has 0 atom stereocenters. The monoisotopic (exact) mass is 480 g/mol. The van der Waals surface area contributed by atoms with Gasteiger partial charge >= 0.3 is 29.6 Å². The second-order valence-electron chi connectivity index (χ2n) is 4.46. The van der Waals surface area contributed by atoms with Gasteiger partial charge in [-0.15, -0.1) is 0 Å². The molecule has 3 nitrogen and oxygen atoms in total. The zero-order valence-corrected chi connectivity index (χ0v) is 17.1. The van der Waals surface area contributed by atoms with Gasteiger partial charge in [-0.1, -0.05) is 5.75 Å². The van der Waals surface area contributed by atoms with Gasteiger partial charge in [-0.3, -0.25) is 4.90 Å². The van der Waals surface area contributed by atoms with Crippen LogP contribution in [0.3, 0.4) is 0 Å². The molecule has 1 aromatic rings. The quantitative estimate of drug-likeness (QED) is 0.391. The van der Waals surface area contributed by atoms with Crippen LogP contribution in [0.2, 0.25) is 0 Å². The number of rotatable bonds is 2. The second kappa shape index (κ2) is 7.99. The van der Waals surface area contributed by atoms with Gasteiger partial charge in [0.2, 0.25) is 0 Å². The Morgan fingerprint density at radius 1 is 1.17 bits per heavy atom. The van der Waals surface area contributed by atoms with E-state index in [1.165, 1.54) is 0 Å². The molecule has 0 radical (unpaired) electrons. The standard InChI is InChI=1S/C12H16I2N2O.Na/c1-15-2-4-16(5-3-15)8-9-6-10(13)7-11(14)12(9)17;/h6-7,17H,2-5,8H2,1H3;/q;+1/p-1. The van der Waals surface area contributed by atoms with Crippen LogP contribution < -0.4 is 34.7 Å². The van der Waals surface area contributed by atoms with Gasteiger partial charge in [0.25, 0.3) is 0 Å². The van der Waals surface area contributed by atoms with Gasteiger partial charge in [-0.25, -0.2) is 0 Å². The summed E-state index contributed by atoms with van der Waals surface area (Å²) in [5, 5.41) is 12.0. The normalized spacial score (nSPS) is 17.5. The Hall–Kier alpha value is 1.40. The third kappa shape index (κ3) is 4.75. The minimum Gasteiger partial charge on any atom is -0.872 e. The van der Waals surface area contributed by atoms with Crippen LogP contribution >= 0.6 is 45.2 Å². The van der Waals surface area contributed by atoms with Gasteiger partial charge in [-0.05, 0) is 69.9 Å². The van der Waals surface area contributed by atoms with Crippen LogP contribution in [-0.4, -0.2) is 43.0 Å². The number of hydrogen-bond acceptors (Lipinski definition) is 3. The number of nitrogens with zero attached hydrogens (tertiary/aromatic N) is 2. The fraction of sp³-hybridized carbons (Fsp3) is 0.500. The number of hydrogen-bond donors (Lipinski definition) is 0. The summed E-state index contributed by atoms with van der Waals surface area (Å²) in [6.07, 6.45) is 0. The first kappa shape index (κ1) is 17.5. The molecule has 0 unspecified atom stereocenters. The molecule has 0 saturated carbocycles. The summed E-state index contributed by atoms with van der Waals surface area (Å²) in [6.45, 7) is 5.08. The molecule has 0 amide bonds. The summed E-state index contributed by atoms with van der Waals surface area (Å²) in [6, 6.07) is 3.96. The zero-order valence-electron chi connectivity index (χ0n) is 10.7. The molecule has 1 aliphatic heterocycles. The van der Waals surface area contributed by atoms with Crippen LogP contribution in [0.5, 0.6) is 5.75 Å². The Kier molecular flexibility index (Phi) is 7.75. The Bertz CT molecular complexity index is 409. The molecule has 1 heterocycles. The van der Waals surface area contributed by atoms with Gasteiger partial charge in [-0.2, -0.15) is 0 Å². The van der Waals surface area contributed by atoms with Crippen LogP contribution in [0.15, 0.2) is 12.1 Å². The van der Waals surface area contributed by atoms with Crippen LogP contribution in [0, 0.1) is 7.14 Å². The molecule has 94 valence electrons. The maximum atomic E-state index is 12.0. The molecular weight excluding hydrogens is 465 g/mol. The van der Waals surface area contributed by atoms with Gasteiger partial charge < -0.3 is 10.0 Å². The molecular formula is C12H15I2N2NaO. The molecule has 0 aromatic heterocycles. The molecule has 2 rings (SSSR count). The Balaban J connectivity index is 0.00000162. The third-order valence-corrected chi connectivity index (χ3v) is 4.50. The molecule has 0 spiro atoms. The van der Waals surface area contributed by atoms with Gasteiger partial charge in [0, 0.05) is 39.9 Å². The van der Waals surface area contributed by atoms with E-state index in [4.69, 9.17) is 0 Å². The van der Waals surface area contributed by atoms with E-state index in [9.17, 15) is 5.11 Å². The second-order valence-corrected chi connectivity index (χ2v) is 6.86. The van der Waals surface area contributed by atoms with E-state index < -0.39 is 0 Å². The van der Waals surface area contributed by atoms with Crippen molar-refractivity contribution in [3.8, 4) is 5.75 Å². The fourth-order valence-corrected chi connectivity index (χ4v) is 3.94. The first-order valence-corrected chi connectivity index (χ1v) is 7.78. The van der Waals surface area contributed by atoms with Crippen LogP contribution in [0.4, 0.5) is 0 Å². The van der Waals surface area contributed by atoms with E-state index in [0.29, 0.717) is 0 Å². The van der Waals surface area contributed by atoms with E-state index in [2.05, 4.69) is 62.0 Å². The fourth-order valence-electron chi connectivity index (χ4n) is 1.98. The maximum absolute atomic E-state index is 12.0. The van der Waals surface area contributed by atoms with Crippen molar-refractivity contribution in [2.45, 2.75) is 6.54 Å². The smallest absolute Gasteiger partial charge is 0.872 e. The van der Waals surface area contributed by atoms with Gasteiger partial charge in [0.05, 0.1) is 0 Å². The SMILES string of the molecule is CN1CCN(Cc2cc(I)cc(I)c2[O-])CC1.[Na+]. The average molecular weight is 480 g/mol. The minimum atomic E-state index is 0. The largest absolute Gasteiger partial charge is 1.00 e. The van der Waals surface area contributed by atoms with E-state index in [0.717, 1.165) is 45.4 Å². The summed E-state index contributed by atoms with van der Waals surface area (Å²) < 4.78 is 1.98. The zero-order chi connectivity index (χ0) is 12.4. The van der Waals surface area contributed by atoms with Crippen molar-refractivity contribution in [1.82, 2.24) is 9.80 Å². The van der Waals surface area contributed by atoms with Gasteiger partial charge in [0.15, 0.2) is 0 Å². The third-order valence-electron chi connectivity index (χ3n) is 3.08. The van der Waals surface area contributed by atoms with E-state index in [1.807, 2.05) is 12.1 Å². The topological polar surface area (TPSA) is 29.5 Å². The van der Waals surface area contributed by atoms with Crippen molar-refractivity contribution >= 4 is 45.2 Å². The van der Waals surface area contributed by atoms with Crippen molar-refractivity contribution in [2.24, 2.45) is 0 Å². The van der Waals surface area contributed by atoms with E-state index in [1.54, 1.807) is 0 Å². The summed E-state index contributed by atoms with van der Waals surface area (Å²) in [5.74, 6) is 0.199. The average Bonchev–Trinajstić information content (AvgIpc) is 2.28. The maximum Gasteiger partial charge on any atom is 1.00 e. The molecule has 1 saturated heterocycles. The predicted molar refractivity (Wildman–Crippen MR) is 84.1 cm³/mol.